The van der Waals surface area contributed by atoms with Gasteiger partial charge in [-0.25, -0.2) is 9.59 Å². The van der Waals surface area contributed by atoms with Crippen molar-refractivity contribution in [1.29, 1.82) is 0 Å². The van der Waals surface area contributed by atoms with E-state index >= 15 is 0 Å². The average Bonchev–Trinajstić information content (AvgIpc) is 3.14. The molecule has 10 nitrogen and oxygen atoms in total. The number of piperidine rings is 1. The predicted molar refractivity (Wildman–Crippen MR) is 160 cm³/mol. The van der Waals surface area contributed by atoms with Gasteiger partial charge in [0.15, 0.2) is 6.10 Å². The van der Waals surface area contributed by atoms with Crippen LogP contribution < -0.4 is 11.1 Å². The van der Waals surface area contributed by atoms with Crippen molar-refractivity contribution < 1.29 is 19.1 Å². The number of para-hydroxylation sites is 1. The Morgan fingerprint density at radius 3 is 2.69 bits per heavy atom. The Bertz CT molecular complexity index is 1530. The van der Waals surface area contributed by atoms with Gasteiger partial charge >= 0.3 is 12.1 Å². The van der Waals surface area contributed by atoms with Gasteiger partial charge in [0.1, 0.15) is 0 Å². The van der Waals surface area contributed by atoms with E-state index in [9.17, 15) is 14.4 Å². The maximum atomic E-state index is 13.2. The lowest BCUT2D eigenvalue weighted by Crippen LogP contribution is -2.50. The third-order valence-corrected chi connectivity index (χ3v) is 7.00. The zero-order valence-electron chi connectivity index (χ0n) is 23.8. The SMILES string of the molecule is CC(N)=C=C=NC=C=C=NC(=O)[C@@H](Cc1cccc(C)c1)OC(=O)N1CCC(N2CCc3ccccc3NC2=O)CC1. The summed E-state index contributed by atoms with van der Waals surface area (Å²) in [7, 11) is 0. The van der Waals surface area contributed by atoms with E-state index in [-0.39, 0.29) is 18.5 Å². The first-order valence-electron chi connectivity index (χ1n) is 13.8. The van der Waals surface area contributed by atoms with Crippen LogP contribution in [0.25, 0.3) is 0 Å². The molecule has 0 aromatic heterocycles. The number of nitrogens with two attached hydrogens (primary N) is 1. The van der Waals surface area contributed by atoms with Crippen LogP contribution in [0.15, 0.2) is 81.9 Å². The van der Waals surface area contributed by atoms with Crippen molar-refractivity contribution in [2.24, 2.45) is 15.7 Å². The number of hydrogen-bond acceptors (Lipinski definition) is 6. The van der Waals surface area contributed by atoms with Gasteiger partial charge < -0.3 is 25.6 Å². The molecule has 3 N–H and O–H groups in total. The zero-order valence-corrected chi connectivity index (χ0v) is 23.8. The van der Waals surface area contributed by atoms with Crippen molar-refractivity contribution in [3.05, 3.63) is 88.6 Å². The van der Waals surface area contributed by atoms with Crippen LogP contribution in [-0.2, 0) is 22.4 Å². The Morgan fingerprint density at radius 1 is 1.14 bits per heavy atom. The molecule has 0 radical (unpaired) electrons. The molecule has 4 rings (SSSR count). The Labute approximate surface area is 245 Å². The van der Waals surface area contributed by atoms with E-state index < -0.39 is 18.1 Å². The fraction of sp³-hybridized carbons (Fsp3) is 0.344. The minimum Gasteiger partial charge on any atom is -0.435 e. The largest absolute Gasteiger partial charge is 0.435 e. The van der Waals surface area contributed by atoms with Crippen molar-refractivity contribution in [1.82, 2.24) is 9.80 Å². The number of amides is 4. The molecule has 1 fully saturated rings. The van der Waals surface area contributed by atoms with Gasteiger partial charge in [0, 0.05) is 49.5 Å². The molecule has 0 spiro atoms. The van der Waals surface area contributed by atoms with Crippen molar-refractivity contribution in [2.75, 3.05) is 25.0 Å². The van der Waals surface area contributed by atoms with Crippen LogP contribution in [0, 0.1) is 6.92 Å². The van der Waals surface area contributed by atoms with E-state index in [0.29, 0.717) is 38.2 Å². The third kappa shape index (κ3) is 8.45. The molecule has 2 heterocycles. The first-order chi connectivity index (χ1) is 20.3. The number of urea groups is 1. The summed E-state index contributed by atoms with van der Waals surface area (Å²) in [6.45, 7) is 5.00. The van der Waals surface area contributed by atoms with Crippen molar-refractivity contribution >= 4 is 35.5 Å². The summed E-state index contributed by atoms with van der Waals surface area (Å²) in [6.07, 6.45) is 1.60. The zero-order chi connectivity index (χ0) is 29.9. The second-order valence-electron chi connectivity index (χ2n) is 10.2. The first kappa shape index (κ1) is 29.9. The van der Waals surface area contributed by atoms with E-state index in [0.717, 1.165) is 28.8 Å². The Kier molecular flexibility index (Phi) is 10.3. The molecular weight excluding hydrogens is 532 g/mol. The molecule has 0 aliphatic carbocycles. The second-order valence-corrected chi connectivity index (χ2v) is 10.2. The molecule has 10 heteroatoms. The average molecular weight is 567 g/mol. The molecular formula is C32H34N6O4. The summed E-state index contributed by atoms with van der Waals surface area (Å²) in [5.74, 6) is 4.17. The number of carbonyl (C=O) groups excluding carboxylic acids is 3. The number of nitrogens with one attached hydrogen (secondary N) is 1. The van der Waals surface area contributed by atoms with Crippen LogP contribution in [0.4, 0.5) is 15.3 Å². The number of allylic oxidation sites excluding steroid dienone is 1. The lowest BCUT2D eigenvalue weighted by Gasteiger charge is -2.37. The van der Waals surface area contributed by atoms with Gasteiger partial charge in [-0.3, -0.25) is 4.79 Å². The van der Waals surface area contributed by atoms with Crippen molar-refractivity contribution in [2.45, 2.75) is 51.7 Å². The second kappa shape index (κ2) is 14.5. The van der Waals surface area contributed by atoms with Crippen LogP contribution in [0.3, 0.4) is 0 Å². The lowest BCUT2D eigenvalue weighted by atomic mass is 10.0. The monoisotopic (exact) mass is 566 g/mol. The molecule has 2 aromatic rings. The summed E-state index contributed by atoms with van der Waals surface area (Å²) in [4.78, 5) is 50.0. The molecule has 42 heavy (non-hydrogen) atoms. The Balaban J connectivity index is 1.40. The van der Waals surface area contributed by atoms with Crippen LogP contribution in [0.2, 0.25) is 0 Å². The number of hydrogen-bond donors (Lipinski definition) is 2. The molecule has 0 unspecified atom stereocenters. The Hall–Kier alpha value is -5.09. The van der Waals surface area contributed by atoms with E-state index in [2.05, 4.69) is 38.5 Å². The molecule has 1 atom stereocenters. The van der Waals surface area contributed by atoms with Crippen LogP contribution in [0.1, 0.15) is 36.5 Å². The Morgan fingerprint density at radius 2 is 1.93 bits per heavy atom. The topological polar surface area (TPSA) is 130 Å². The third-order valence-electron chi connectivity index (χ3n) is 7.00. The van der Waals surface area contributed by atoms with Gasteiger partial charge in [0.2, 0.25) is 0 Å². The number of ether oxygens (including phenoxy) is 1. The number of fused-ring (bicyclic) bond motifs is 1. The quantitative estimate of drug-likeness (QED) is 0.401. The highest BCUT2D eigenvalue weighted by Gasteiger charge is 2.33. The van der Waals surface area contributed by atoms with E-state index in [1.165, 1.54) is 6.20 Å². The van der Waals surface area contributed by atoms with E-state index in [1.807, 2.05) is 60.4 Å². The predicted octanol–water partition coefficient (Wildman–Crippen LogP) is 4.15. The van der Waals surface area contributed by atoms with E-state index in [4.69, 9.17) is 10.5 Å². The summed E-state index contributed by atoms with van der Waals surface area (Å²) in [5.41, 5.74) is 14.8. The number of aliphatic imine (C=N–C) groups is 2. The number of carbonyl (C=O) groups is 3. The number of anilines is 1. The highest BCUT2D eigenvalue weighted by Crippen LogP contribution is 2.25. The van der Waals surface area contributed by atoms with Gasteiger partial charge in [-0.1, -0.05) is 48.0 Å². The molecule has 2 aliphatic rings. The molecule has 2 aliphatic heterocycles. The number of benzene rings is 2. The number of nitrogens with zero attached hydrogens (tertiary/aromatic N) is 4. The standard InChI is InChI=1S/C32H34N6O4/c1-23-7-5-8-25(21-23)22-29(30(39)35-16-6-15-34-17-11-24(2)33)42-32(41)37-18-13-27(14-19-37)38-20-12-26-9-3-4-10-28(26)36-31(38)40/h3-5,7-10,15,21,27,29H,12-14,18-20,22,33H2,1-2H3,(H,36,40)/t29-/m1/s1. The fourth-order valence-electron chi connectivity index (χ4n) is 4.90. The van der Waals surface area contributed by atoms with Gasteiger partial charge in [-0.05, 0) is 61.8 Å². The maximum absolute atomic E-state index is 13.2. The summed E-state index contributed by atoms with van der Waals surface area (Å²) in [6, 6.07) is 15.3. The molecule has 216 valence electrons. The van der Waals surface area contributed by atoms with Crippen LogP contribution in [-0.4, -0.2) is 71.4 Å². The van der Waals surface area contributed by atoms with Gasteiger partial charge in [-0.15, -0.1) is 0 Å². The van der Waals surface area contributed by atoms with Gasteiger partial charge in [-0.2, -0.15) is 9.98 Å². The minimum absolute atomic E-state index is 0.00336. The number of aryl methyl sites for hydroxylation is 1. The highest BCUT2D eigenvalue weighted by atomic mass is 16.6. The fourth-order valence-corrected chi connectivity index (χ4v) is 4.90. The molecule has 1 saturated heterocycles. The summed E-state index contributed by atoms with van der Waals surface area (Å²) in [5, 5.41) is 3.01. The smallest absolute Gasteiger partial charge is 0.410 e. The molecule has 0 saturated carbocycles. The minimum atomic E-state index is -1.15. The van der Waals surface area contributed by atoms with E-state index in [1.54, 1.807) is 11.8 Å². The van der Waals surface area contributed by atoms with Gasteiger partial charge in [0.25, 0.3) is 5.91 Å². The highest BCUT2D eigenvalue weighted by molar-refractivity contribution is 5.91. The molecule has 0 bridgehead atoms. The first-order valence-corrected chi connectivity index (χ1v) is 13.8. The molecule has 4 amide bonds. The maximum Gasteiger partial charge on any atom is 0.410 e. The van der Waals surface area contributed by atoms with Crippen molar-refractivity contribution in [3.63, 3.8) is 0 Å². The normalized spacial score (nSPS) is 15.2. The van der Waals surface area contributed by atoms with Crippen LogP contribution >= 0.6 is 0 Å². The van der Waals surface area contributed by atoms with Crippen molar-refractivity contribution in [3.8, 4) is 0 Å². The number of likely N-dealkylation sites (tertiary alicyclic amines) is 1. The molecule has 2 aromatic carbocycles. The number of rotatable bonds is 6. The lowest BCUT2D eigenvalue weighted by molar-refractivity contribution is -0.126. The summed E-state index contributed by atoms with van der Waals surface area (Å²) >= 11 is 0. The summed E-state index contributed by atoms with van der Waals surface area (Å²) < 4.78 is 5.69. The van der Waals surface area contributed by atoms with Crippen LogP contribution in [0.5, 0.6) is 0 Å². The van der Waals surface area contributed by atoms with Gasteiger partial charge in [0.05, 0.1) is 11.9 Å².